The van der Waals surface area contributed by atoms with E-state index in [1.807, 2.05) is 41.7 Å². The van der Waals surface area contributed by atoms with Gasteiger partial charge in [0.2, 0.25) is 0 Å². The van der Waals surface area contributed by atoms with E-state index in [-0.39, 0.29) is 5.92 Å². The van der Waals surface area contributed by atoms with Gasteiger partial charge in [0.15, 0.2) is 5.65 Å². The number of aromatic nitrogens is 2. The highest BCUT2D eigenvalue weighted by Crippen LogP contribution is 2.31. The van der Waals surface area contributed by atoms with Crippen LogP contribution < -0.4 is 14.8 Å². The van der Waals surface area contributed by atoms with Gasteiger partial charge in [-0.3, -0.25) is 4.40 Å². The molecule has 2 aromatic heterocycles. The lowest BCUT2D eigenvalue weighted by molar-refractivity contribution is 0.409. The number of piperidine rings is 1. The van der Waals surface area contributed by atoms with Gasteiger partial charge >= 0.3 is 0 Å². The summed E-state index contributed by atoms with van der Waals surface area (Å²) < 4.78 is 26.9. The molecule has 0 radical (unpaired) electrons. The molecule has 3 N–H and O–H groups in total. The number of para-hydroxylation sites is 2. The van der Waals surface area contributed by atoms with Crippen LogP contribution in [-0.2, 0) is 10.2 Å². The minimum absolute atomic E-state index is 0.160. The molecule has 1 saturated heterocycles. The van der Waals surface area contributed by atoms with Gasteiger partial charge in [-0.05, 0) is 49.4 Å². The van der Waals surface area contributed by atoms with E-state index >= 15 is 0 Å². The average molecular weight is 398 g/mol. The number of fused-ring (bicyclic) bond motifs is 3. The molecule has 0 saturated carbocycles. The van der Waals surface area contributed by atoms with Gasteiger partial charge < -0.3 is 4.90 Å². The van der Waals surface area contributed by atoms with E-state index in [9.17, 15) is 13.7 Å². The third kappa shape index (κ3) is 3.42. The summed E-state index contributed by atoms with van der Waals surface area (Å²) in [6.45, 7) is 3.80. The summed E-state index contributed by atoms with van der Waals surface area (Å²) >= 11 is 0. The maximum Gasteiger partial charge on any atom is 0.274 e. The normalized spacial score (nSPS) is 17.9. The zero-order chi connectivity index (χ0) is 19.9. The molecule has 1 aromatic carbocycles. The molecule has 146 valence electrons. The minimum Gasteiger partial charge on any atom is -0.357 e. The van der Waals surface area contributed by atoms with Gasteiger partial charge in [0, 0.05) is 19.6 Å². The van der Waals surface area contributed by atoms with Gasteiger partial charge in [-0.2, -0.15) is 13.7 Å². The summed E-state index contributed by atoms with van der Waals surface area (Å²) in [4.78, 5) is 6.94. The largest absolute Gasteiger partial charge is 0.357 e. The van der Waals surface area contributed by atoms with Crippen LogP contribution >= 0.6 is 0 Å². The number of hydrogen-bond donors (Lipinski definition) is 2. The zero-order valence-electron chi connectivity index (χ0n) is 15.6. The molecule has 1 atom stereocenters. The van der Waals surface area contributed by atoms with Gasteiger partial charge in [0.05, 0.1) is 16.6 Å². The Kier molecular flexibility index (Phi) is 4.71. The van der Waals surface area contributed by atoms with Crippen molar-refractivity contribution in [2.24, 2.45) is 11.1 Å². The second kappa shape index (κ2) is 7.05. The number of nitrogens with two attached hydrogens (primary N) is 1. The van der Waals surface area contributed by atoms with Crippen LogP contribution in [0.15, 0.2) is 30.3 Å². The molecular formula is C19H22N6O2S. The number of benzene rings is 1. The first-order valence-corrected chi connectivity index (χ1v) is 10.8. The molecule has 9 heteroatoms. The Labute approximate surface area is 163 Å². The molecule has 8 nitrogen and oxygen atoms in total. The van der Waals surface area contributed by atoms with E-state index in [1.165, 1.54) is 0 Å². The van der Waals surface area contributed by atoms with Crippen LogP contribution in [0.4, 0.5) is 5.82 Å². The van der Waals surface area contributed by atoms with Crippen molar-refractivity contribution in [2.45, 2.75) is 19.8 Å². The molecule has 0 amide bonds. The van der Waals surface area contributed by atoms with Crippen LogP contribution in [0.25, 0.3) is 16.7 Å². The summed E-state index contributed by atoms with van der Waals surface area (Å²) in [5, 5.41) is 14.7. The van der Waals surface area contributed by atoms with Gasteiger partial charge in [0.25, 0.3) is 10.2 Å². The number of anilines is 1. The lowest BCUT2D eigenvalue weighted by Gasteiger charge is -2.35. The monoisotopic (exact) mass is 398 g/mol. The van der Waals surface area contributed by atoms with Crippen molar-refractivity contribution in [3.05, 3.63) is 41.5 Å². The highest BCUT2D eigenvalue weighted by molar-refractivity contribution is 7.87. The van der Waals surface area contributed by atoms with E-state index < -0.39 is 10.2 Å². The van der Waals surface area contributed by atoms with E-state index in [4.69, 9.17) is 10.1 Å². The molecule has 1 unspecified atom stereocenters. The van der Waals surface area contributed by atoms with Gasteiger partial charge in [-0.1, -0.05) is 12.1 Å². The first kappa shape index (κ1) is 18.7. The minimum atomic E-state index is -3.70. The van der Waals surface area contributed by atoms with E-state index in [2.05, 4.69) is 15.7 Å². The van der Waals surface area contributed by atoms with Crippen molar-refractivity contribution in [3.63, 3.8) is 0 Å². The fraction of sp³-hybridized carbons (Fsp3) is 0.368. The van der Waals surface area contributed by atoms with Crippen molar-refractivity contribution >= 4 is 32.7 Å². The summed E-state index contributed by atoms with van der Waals surface area (Å²) in [5.74, 6) is 1.13. The Bertz CT molecular complexity index is 1190. The molecule has 1 fully saturated rings. The Hall–Kier alpha value is -2.67. The molecule has 1 aliphatic rings. The predicted octanol–water partition coefficient (Wildman–Crippen LogP) is 1.68. The number of rotatable bonds is 4. The maximum atomic E-state index is 11.2. The van der Waals surface area contributed by atoms with Crippen molar-refractivity contribution < 1.29 is 8.42 Å². The first-order valence-electron chi connectivity index (χ1n) is 9.20. The highest BCUT2D eigenvalue weighted by Gasteiger charge is 2.25. The third-order valence-electron chi connectivity index (χ3n) is 5.28. The zero-order valence-corrected chi connectivity index (χ0v) is 16.4. The number of nitriles is 1. The number of imidazole rings is 1. The van der Waals surface area contributed by atoms with Gasteiger partial charge in [-0.25, -0.2) is 14.8 Å². The molecule has 1 aliphatic heterocycles. The average Bonchev–Trinajstić information content (AvgIpc) is 3.05. The standard InChI is InChI=1S/C19H22N6O2S/c1-13-9-18(24-8-4-5-14(12-24)11-22-28(21,26)27)25-17-7-3-2-6-16(17)23-19(25)15(13)10-20/h2-3,6-7,9,14,22H,4-5,8,11-12H2,1H3,(H2,21,26,27). The van der Waals surface area contributed by atoms with E-state index in [0.717, 1.165) is 41.8 Å². The second-order valence-electron chi connectivity index (χ2n) is 7.28. The van der Waals surface area contributed by atoms with E-state index in [1.54, 1.807) is 0 Å². The van der Waals surface area contributed by atoms with Gasteiger partial charge in [0.1, 0.15) is 11.9 Å². The quantitative estimate of drug-likeness (QED) is 0.693. The van der Waals surface area contributed by atoms with Crippen molar-refractivity contribution in [1.29, 1.82) is 5.26 Å². The van der Waals surface area contributed by atoms with Gasteiger partial charge in [-0.15, -0.1) is 0 Å². The van der Waals surface area contributed by atoms with Crippen LogP contribution in [0.1, 0.15) is 24.0 Å². The Morgan fingerprint density at radius 2 is 2.18 bits per heavy atom. The van der Waals surface area contributed by atoms with Crippen LogP contribution in [0.5, 0.6) is 0 Å². The summed E-state index contributed by atoms with van der Waals surface area (Å²) in [6, 6.07) is 12.1. The molecule has 0 bridgehead atoms. The number of aryl methyl sites for hydroxylation is 1. The maximum absolute atomic E-state index is 11.2. The van der Waals surface area contributed by atoms with Crippen LogP contribution in [0.3, 0.4) is 0 Å². The number of hydrogen-bond acceptors (Lipinski definition) is 5. The summed E-state index contributed by atoms with van der Waals surface area (Å²) in [7, 11) is -3.70. The summed E-state index contributed by atoms with van der Waals surface area (Å²) in [5.41, 5.74) is 3.90. The fourth-order valence-corrected chi connectivity index (χ4v) is 4.44. The molecule has 0 aliphatic carbocycles. The Balaban J connectivity index is 1.79. The number of nitrogens with one attached hydrogen (secondary N) is 1. The third-order valence-corrected chi connectivity index (χ3v) is 5.85. The van der Waals surface area contributed by atoms with Crippen molar-refractivity contribution in [1.82, 2.24) is 14.1 Å². The Morgan fingerprint density at radius 1 is 1.39 bits per heavy atom. The lowest BCUT2D eigenvalue weighted by Crippen LogP contribution is -2.43. The SMILES string of the molecule is Cc1cc(N2CCCC(CNS(N)(=O)=O)C2)n2c(nc3ccccc32)c1C#N. The van der Waals surface area contributed by atoms with E-state index in [0.29, 0.717) is 24.3 Å². The number of nitrogens with zero attached hydrogens (tertiary/aromatic N) is 4. The first-order chi connectivity index (χ1) is 13.4. The molecule has 0 spiro atoms. The lowest BCUT2D eigenvalue weighted by atomic mass is 9.98. The van der Waals surface area contributed by atoms with Crippen LogP contribution in [0.2, 0.25) is 0 Å². The molecule has 28 heavy (non-hydrogen) atoms. The molecule has 4 rings (SSSR count). The topological polar surface area (TPSA) is 117 Å². The van der Waals surface area contributed by atoms with Crippen molar-refractivity contribution in [3.8, 4) is 6.07 Å². The Morgan fingerprint density at radius 3 is 2.93 bits per heavy atom. The van der Waals surface area contributed by atoms with Crippen LogP contribution in [0, 0.1) is 24.2 Å². The fourth-order valence-electron chi connectivity index (χ4n) is 3.98. The predicted molar refractivity (Wildman–Crippen MR) is 108 cm³/mol. The highest BCUT2D eigenvalue weighted by atomic mass is 32.2. The second-order valence-corrected chi connectivity index (χ2v) is 8.66. The number of pyridine rings is 1. The van der Waals surface area contributed by atoms with Crippen molar-refractivity contribution in [2.75, 3.05) is 24.5 Å². The summed E-state index contributed by atoms with van der Waals surface area (Å²) in [6.07, 6.45) is 1.88. The molecule has 3 aromatic rings. The smallest absolute Gasteiger partial charge is 0.274 e. The van der Waals surface area contributed by atoms with Crippen LogP contribution in [-0.4, -0.2) is 37.4 Å². The molecule has 3 heterocycles. The molecular weight excluding hydrogens is 376 g/mol.